The van der Waals surface area contributed by atoms with E-state index >= 15 is 0 Å². The number of hydrogen-bond donors (Lipinski definition) is 1. The summed E-state index contributed by atoms with van der Waals surface area (Å²) in [4.78, 5) is 11.0. The lowest BCUT2D eigenvalue weighted by molar-refractivity contribution is -0.181. The molecule has 16 heavy (non-hydrogen) atoms. The van der Waals surface area contributed by atoms with Gasteiger partial charge >= 0.3 is 6.18 Å². The second kappa shape index (κ2) is 4.21. The average molecular weight is 239 g/mol. The quantitative estimate of drug-likeness (QED) is 0.776. The van der Waals surface area contributed by atoms with Crippen LogP contribution < -0.4 is 5.32 Å². The molecule has 0 aromatic carbocycles. The van der Waals surface area contributed by atoms with Crippen LogP contribution in [-0.2, 0) is 14.3 Å². The summed E-state index contributed by atoms with van der Waals surface area (Å²) in [5.74, 6) is -2.20. The maximum absolute atomic E-state index is 12.6. The Bertz CT molecular complexity index is 276. The molecule has 0 saturated carbocycles. The molecule has 1 N–H and O–H groups in total. The maximum atomic E-state index is 12.6. The SMILES string of the molecule is O=C1CC(C(F)(F)F)C(CC2OCCO2)N1. The van der Waals surface area contributed by atoms with Gasteiger partial charge < -0.3 is 14.8 Å². The van der Waals surface area contributed by atoms with Gasteiger partial charge in [0.15, 0.2) is 6.29 Å². The van der Waals surface area contributed by atoms with E-state index in [9.17, 15) is 18.0 Å². The summed E-state index contributed by atoms with van der Waals surface area (Å²) in [5, 5.41) is 2.32. The molecular formula is C9H12F3NO3. The van der Waals surface area contributed by atoms with Crippen LogP contribution in [0.25, 0.3) is 0 Å². The Morgan fingerprint density at radius 3 is 2.50 bits per heavy atom. The lowest BCUT2D eigenvalue weighted by atomic mass is 9.97. The van der Waals surface area contributed by atoms with Gasteiger partial charge in [-0.05, 0) is 0 Å². The first kappa shape index (κ1) is 11.7. The molecule has 2 rings (SSSR count). The van der Waals surface area contributed by atoms with Crippen LogP contribution in [0.5, 0.6) is 0 Å². The van der Waals surface area contributed by atoms with E-state index in [1.165, 1.54) is 0 Å². The van der Waals surface area contributed by atoms with Crippen LogP contribution in [0.1, 0.15) is 12.8 Å². The van der Waals surface area contributed by atoms with Gasteiger partial charge in [-0.2, -0.15) is 13.2 Å². The van der Waals surface area contributed by atoms with Crippen molar-refractivity contribution in [3.05, 3.63) is 0 Å². The summed E-state index contributed by atoms with van der Waals surface area (Å²) in [6.45, 7) is 0.782. The van der Waals surface area contributed by atoms with Gasteiger partial charge in [0, 0.05) is 18.9 Å². The molecule has 0 radical (unpaired) electrons. The van der Waals surface area contributed by atoms with E-state index in [0.717, 1.165) is 0 Å². The first-order valence-electron chi connectivity index (χ1n) is 5.06. The highest BCUT2D eigenvalue weighted by molar-refractivity contribution is 5.79. The molecule has 1 amide bonds. The Labute approximate surface area is 90.1 Å². The number of carbonyl (C=O) groups is 1. The molecule has 2 aliphatic heterocycles. The van der Waals surface area contributed by atoms with Crippen molar-refractivity contribution in [3.8, 4) is 0 Å². The second-order valence-electron chi connectivity index (χ2n) is 3.93. The number of ether oxygens (including phenoxy) is 2. The van der Waals surface area contributed by atoms with Crippen molar-refractivity contribution in [2.45, 2.75) is 31.3 Å². The fourth-order valence-corrected chi connectivity index (χ4v) is 2.03. The van der Waals surface area contributed by atoms with Gasteiger partial charge in [0.05, 0.1) is 19.1 Å². The van der Waals surface area contributed by atoms with Crippen molar-refractivity contribution in [2.75, 3.05) is 13.2 Å². The molecule has 0 aliphatic carbocycles. The third-order valence-corrected chi connectivity index (χ3v) is 2.80. The van der Waals surface area contributed by atoms with E-state index in [0.29, 0.717) is 13.2 Å². The monoisotopic (exact) mass is 239 g/mol. The number of hydrogen-bond acceptors (Lipinski definition) is 3. The van der Waals surface area contributed by atoms with Crippen LogP contribution in [0, 0.1) is 5.92 Å². The van der Waals surface area contributed by atoms with Crippen molar-refractivity contribution in [1.29, 1.82) is 0 Å². The smallest absolute Gasteiger partial charge is 0.353 e. The standard InChI is InChI=1S/C9H12F3NO3/c10-9(11,12)5-3-7(14)13-6(5)4-8-15-1-2-16-8/h5-6,8H,1-4H2,(H,13,14). The lowest BCUT2D eigenvalue weighted by Crippen LogP contribution is -2.38. The minimum atomic E-state index is -4.36. The number of halogens is 3. The van der Waals surface area contributed by atoms with E-state index in [4.69, 9.17) is 9.47 Å². The molecule has 0 aromatic heterocycles. The topological polar surface area (TPSA) is 47.6 Å². The summed E-state index contributed by atoms with van der Waals surface area (Å²) < 4.78 is 47.9. The Balaban J connectivity index is 1.98. The van der Waals surface area contributed by atoms with Crippen molar-refractivity contribution < 1.29 is 27.4 Å². The van der Waals surface area contributed by atoms with Crippen LogP contribution >= 0.6 is 0 Å². The molecule has 7 heteroatoms. The van der Waals surface area contributed by atoms with E-state index in [-0.39, 0.29) is 6.42 Å². The van der Waals surface area contributed by atoms with Gasteiger partial charge in [0.1, 0.15) is 0 Å². The second-order valence-corrected chi connectivity index (χ2v) is 3.93. The highest BCUT2D eigenvalue weighted by Crippen LogP contribution is 2.36. The van der Waals surface area contributed by atoms with Gasteiger partial charge in [-0.1, -0.05) is 0 Å². The maximum Gasteiger partial charge on any atom is 0.394 e. The zero-order valence-electron chi connectivity index (χ0n) is 8.42. The summed E-state index contributed by atoms with van der Waals surface area (Å²) in [5.41, 5.74) is 0. The largest absolute Gasteiger partial charge is 0.394 e. The average Bonchev–Trinajstić information content (AvgIpc) is 2.74. The predicted molar refractivity (Wildman–Crippen MR) is 46.4 cm³/mol. The lowest BCUT2D eigenvalue weighted by Gasteiger charge is -2.23. The minimum absolute atomic E-state index is 0.0515. The van der Waals surface area contributed by atoms with Crippen LogP contribution in [0.2, 0.25) is 0 Å². The van der Waals surface area contributed by atoms with Crippen molar-refractivity contribution in [3.63, 3.8) is 0 Å². The Morgan fingerprint density at radius 2 is 1.94 bits per heavy atom. The first-order valence-corrected chi connectivity index (χ1v) is 5.06. The minimum Gasteiger partial charge on any atom is -0.353 e. The van der Waals surface area contributed by atoms with Crippen LogP contribution in [0.15, 0.2) is 0 Å². The van der Waals surface area contributed by atoms with Crippen LogP contribution in [-0.4, -0.2) is 37.6 Å². The molecule has 0 aromatic rings. The number of nitrogens with one attached hydrogen (secondary N) is 1. The predicted octanol–water partition coefficient (Wildman–Crippen LogP) is 0.816. The molecule has 2 heterocycles. The number of carbonyl (C=O) groups excluding carboxylic acids is 1. The van der Waals surface area contributed by atoms with Gasteiger partial charge in [-0.25, -0.2) is 0 Å². The zero-order valence-corrected chi connectivity index (χ0v) is 8.42. The molecule has 0 bridgehead atoms. The summed E-state index contributed by atoms with van der Waals surface area (Å²) in [6.07, 6.45) is -5.44. The summed E-state index contributed by atoms with van der Waals surface area (Å²) >= 11 is 0. The molecule has 2 fully saturated rings. The van der Waals surface area contributed by atoms with Gasteiger partial charge in [-0.3, -0.25) is 4.79 Å². The fraction of sp³-hybridized carbons (Fsp3) is 0.889. The van der Waals surface area contributed by atoms with E-state index in [1.54, 1.807) is 0 Å². The third-order valence-electron chi connectivity index (χ3n) is 2.80. The normalized spacial score (nSPS) is 32.1. The van der Waals surface area contributed by atoms with E-state index in [1.807, 2.05) is 0 Å². The Morgan fingerprint density at radius 1 is 1.31 bits per heavy atom. The van der Waals surface area contributed by atoms with E-state index in [2.05, 4.69) is 5.32 Å². The highest BCUT2D eigenvalue weighted by Gasteiger charge is 2.50. The first-order chi connectivity index (χ1) is 7.47. The molecule has 2 saturated heterocycles. The Hall–Kier alpha value is -0.820. The number of amides is 1. The third kappa shape index (κ3) is 2.46. The summed E-state index contributed by atoms with van der Waals surface area (Å²) in [7, 11) is 0. The Kier molecular flexibility index (Phi) is 3.07. The zero-order chi connectivity index (χ0) is 11.8. The van der Waals surface area contributed by atoms with Crippen molar-refractivity contribution in [2.24, 2.45) is 5.92 Å². The molecule has 2 atom stereocenters. The van der Waals surface area contributed by atoms with Gasteiger partial charge in [0.25, 0.3) is 0 Å². The molecule has 0 spiro atoms. The van der Waals surface area contributed by atoms with Crippen molar-refractivity contribution in [1.82, 2.24) is 5.32 Å². The fourth-order valence-electron chi connectivity index (χ4n) is 2.03. The number of alkyl halides is 3. The highest BCUT2D eigenvalue weighted by atomic mass is 19.4. The number of rotatable bonds is 2. The van der Waals surface area contributed by atoms with Gasteiger partial charge in [0.2, 0.25) is 5.91 Å². The van der Waals surface area contributed by atoms with Crippen LogP contribution in [0.4, 0.5) is 13.2 Å². The molecule has 2 unspecified atom stereocenters. The van der Waals surface area contributed by atoms with Crippen LogP contribution in [0.3, 0.4) is 0 Å². The molecule has 4 nitrogen and oxygen atoms in total. The van der Waals surface area contributed by atoms with Gasteiger partial charge in [-0.15, -0.1) is 0 Å². The molecular weight excluding hydrogens is 227 g/mol. The van der Waals surface area contributed by atoms with E-state index < -0.39 is 36.8 Å². The molecule has 2 aliphatic rings. The molecule has 92 valence electrons. The summed E-state index contributed by atoms with van der Waals surface area (Å²) in [6, 6.07) is -0.935. The van der Waals surface area contributed by atoms with Crippen molar-refractivity contribution >= 4 is 5.91 Å².